The van der Waals surface area contributed by atoms with Gasteiger partial charge in [-0.3, -0.25) is 4.79 Å². The Morgan fingerprint density at radius 3 is 2.38 bits per heavy atom. The number of carbonyl (C=O) groups is 2. The maximum absolute atomic E-state index is 12.2. The summed E-state index contributed by atoms with van der Waals surface area (Å²) in [6.45, 7) is 6.69. The first-order valence-corrected chi connectivity index (χ1v) is 8.08. The van der Waals surface area contributed by atoms with Crippen LogP contribution in [0.25, 0.3) is 0 Å². The summed E-state index contributed by atoms with van der Waals surface area (Å²) in [5.74, 6) is -0.0362. The SMILES string of the molecule is CC(C)(C)N(CCC(=O)O)C(=O)NCCCC1CCCC1. The Morgan fingerprint density at radius 1 is 1.24 bits per heavy atom. The Labute approximate surface area is 128 Å². The average molecular weight is 298 g/mol. The molecule has 0 heterocycles. The third-order valence-electron chi connectivity index (χ3n) is 4.14. The van der Waals surface area contributed by atoms with E-state index in [2.05, 4.69) is 5.32 Å². The highest BCUT2D eigenvalue weighted by atomic mass is 16.4. The van der Waals surface area contributed by atoms with Crippen molar-refractivity contribution in [3.05, 3.63) is 0 Å². The minimum Gasteiger partial charge on any atom is -0.481 e. The maximum Gasteiger partial charge on any atom is 0.317 e. The molecule has 0 bridgehead atoms. The van der Waals surface area contributed by atoms with Crippen LogP contribution in [0.4, 0.5) is 4.79 Å². The van der Waals surface area contributed by atoms with E-state index in [0.717, 1.165) is 12.3 Å². The minimum atomic E-state index is -0.877. The molecule has 0 radical (unpaired) electrons. The molecule has 0 spiro atoms. The molecule has 0 aromatic rings. The van der Waals surface area contributed by atoms with Crippen LogP contribution in [-0.4, -0.2) is 40.6 Å². The van der Waals surface area contributed by atoms with Crippen molar-refractivity contribution in [3.8, 4) is 0 Å². The summed E-state index contributed by atoms with van der Waals surface area (Å²) in [5, 5.41) is 11.7. The molecule has 1 aliphatic carbocycles. The molecule has 0 aliphatic heterocycles. The summed E-state index contributed by atoms with van der Waals surface area (Å²) in [6, 6.07) is -0.157. The van der Waals surface area contributed by atoms with E-state index in [9.17, 15) is 9.59 Å². The molecule has 0 aromatic heterocycles. The molecular weight excluding hydrogens is 268 g/mol. The van der Waals surface area contributed by atoms with E-state index in [0.29, 0.717) is 6.54 Å². The number of hydrogen-bond acceptors (Lipinski definition) is 2. The van der Waals surface area contributed by atoms with E-state index < -0.39 is 5.97 Å². The third-order valence-corrected chi connectivity index (χ3v) is 4.14. The van der Waals surface area contributed by atoms with Crippen molar-refractivity contribution in [1.82, 2.24) is 10.2 Å². The van der Waals surface area contributed by atoms with Gasteiger partial charge in [-0.1, -0.05) is 25.7 Å². The van der Waals surface area contributed by atoms with Crippen molar-refractivity contribution in [3.63, 3.8) is 0 Å². The number of hydrogen-bond donors (Lipinski definition) is 2. The van der Waals surface area contributed by atoms with Crippen molar-refractivity contribution < 1.29 is 14.7 Å². The zero-order valence-corrected chi connectivity index (χ0v) is 13.7. The number of nitrogens with one attached hydrogen (secondary N) is 1. The molecule has 5 heteroatoms. The number of amides is 2. The first kappa shape index (κ1) is 17.8. The second-order valence-electron chi connectivity index (χ2n) is 6.99. The van der Waals surface area contributed by atoms with E-state index in [1.54, 1.807) is 4.90 Å². The van der Waals surface area contributed by atoms with Crippen LogP contribution in [0.5, 0.6) is 0 Å². The lowest BCUT2D eigenvalue weighted by molar-refractivity contribution is -0.137. The third kappa shape index (κ3) is 6.82. The summed E-state index contributed by atoms with van der Waals surface area (Å²) in [4.78, 5) is 24.5. The molecule has 0 saturated heterocycles. The van der Waals surface area contributed by atoms with Crippen molar-refractivity contribution in [1.29, 1.82) is 0 Å². The van der Waals surface area contributed by atoms with E-state index >= 15 is 0 Å². The molecule has 1 rings (SSSR count). The predicted octanol–water partition coefficient (Wildman–Crippen LogP) is 3.24. The van der Waals surface area contributed by atoms with Gasteiger partial charge in [0.2, 0.25) is 0 Å². The van der Waals surface area contributed by atoms with Gasteiger partial charge in [0.15, 0.2) is 0 Å². The number of urea groups is 1. The molecule has 2 amide bonds. The van der Waals surface area contributed by atoms with E-state index in [1.807, 2.05) is 20.8 Å². The highest BCUT2D eigenvalue weighted by Crippen LogP contribution is 2.28. The molecule has 0 atom stereocenters. The standard InChI is InChI=1S/C16H30N2O3/c1-16(2,3)18(12-10-14(19)20)15(21)17-11-6-9-13-7-4-5-8-13/h13H,4-12H2,1-3H3,(H,17,21)(H,19,20). The van der Waals surface area contributed by atoms with Gasteiger partial charge in [-0.05, 0) is 39.5 Å². The van der Waals surface area contributed by atoms with E-state index in [-0.39, 0.29) is 24.5 Å². The molecule has 0 unspecified atom stereocenters. The summed E-state index contributed by atoms with van der Waals surface area (Å²) >= 11 is 0. The first-order chi connectivity index (χ1) is 9.80. The van der Waals surface area contributed by atoms with Gasteiger partial charge in [-0.2, -0.15) is 0 Å². The Kier molecular flexibility index (Phi) is 6.99. The molecule has 21 heavy (non-hydrogen) atoms. The van der Waals surface area contributed by atoms with Gasteiger partial charge in [0.1, 0.15) is 0 Å². The topological polar surface area (TPSA) is 69.6 Å². The lowest BCUT2D eigenvalue weighted by Gasteiger charge is -2.35. The monoisotopic (exact) mass is 298 g/mol. The minimum absolute atomic E-state index is 0.0211. The number of carbonyl (C=O) groups excluding carboxylic acids is 1. The van der Waals surface area contributed by atoms with Gasteiger partial charge in [0.25, 0.3) is 0 Å². The van der Waals surface area contributed by atoms with Gasteiger partial charge >= 0.3 is 12.0 Å². The number of nitrogens with zero attached hydrogens (tertiary/aromatic N) is 1. The second-order valence-corrected chi connectivity index (χ2v) is 6.99. The van der Waals surface area contributed by atoms with Crippen LogP contribution in [0.3, 0.4) is 0 Å². The predicted molar refractivity (Wildman–Crippen MR) is 83.3 cm³/mol. The Morgan fingerprint density at radius 2 is 1.86 bits per heavy atom. The molecule has 0 aromatic carbocycles. The van der Waals surface area contributed by atoms with Crippen LogP contribution in [0, 0.1) is 5.92 Å². The van der Waals surface area contributed by atoms with Crippen LogP contribution in [-0.2, 0) is 4.79 Å². The van der Waals surface area contributed by atoms with Crippen molar-refractivity contribution in [2.24, 2.45) is 5.92 Å². The first-order valence-electron chi connectivity index (χ1n) is 8.08. The highest BCUT2D eigenvalue weighted by molar-refractivity contribution is 5.76. The second kappa shape index (κ2) is 8.25. The molecule has 1 saturated carbocycles. The zero-order chi connectivity index (χ0) is 15.9. The van der Waals surface area contributed by atoms with E-state index in [4.69, 9.17) is 5.11 Å². The van der Waals surface area contributed by atoms with Crippen molar-refractivity contribution in [2.75, 3.05) is 13.1 Å². The zero-order valence-electron chi connectivity index (χ0n) is 13.7. The summed E-state index contributed by atoms with van der Waals surface area (Å²) in [5.41, 5.74) is -0.370. The van der Waals surface area contributed by atoms with Gasteiger partial charge in [-0.25, -0.2) is 4.79 Å². The van der Waals surface area contributed by atoms with Gasteiger partial charge in [-0.15, -0.1) is 0 Å². The Bertz CT molecular complexity index is 344. The largest absolute Gasteiger partial charge is 0.481 e. The van der Waals surface area contributed by atoms with Gasteiger partial charge < -0.3 is 15.3 Å². The van der Waals surface area contributed by atoms with E-state index in [1.165, 1.54) is 32.1 Å². The van der Waals surface area contributed by atoms with Crippen LogP contribution in [0.2, 0.25) is 0 Å². The highest BCUT2D eigenvalue weighted by Gasteiger charge is 2.26. The number of aliphatic carboxylic acids is 1. The Balaban J connectivity index is 2.32. The Hall–Kier alpha value is -1.26. The summed E-state index contributed by atoms with van der Waals surface area (Å²) < 4.78 is 0. The van der Waals surface area contributed by atoms with Gasteiger partial charge in [0.05, 0.1) is 6.42 Å². The normalized spacial score (nSPS) is 16.0. The van der Waals surface area contributed by atoms with Gasteiger partial charge in [0, 0.05) is 18.6 Å². The van der Waals surface area contributed by atoms with Crippen LogP contribution >= 0.6 is 0 Å². The molecule has 1 aliphatic rings. The number of carboxylic acids is 1. The fraction of sp³-hybridized carbons (Fsp3) is 0.875. The molecule has 1 fully saturated rings. The molecule has 2 N–H and O–H groups in total. The molecular formula is C16H30N2O3. The van der Waals surface area contributed by atoms with Crippen molar-refractivity contribution >= 4 is 12.0 Å². The maximum atomic E-state index is 12.2. The van der Waals surface area contributed by atoms with Crippen molar-refractivity contribution in [2.45, 2.75) is 71.3 Å². The fourth-order valence-corrected chi connectivity index (χ4v) is 2.93. The van der Waals surface area contributed by atoms with Crippen LogP contribution in [0.15, 0.2) is 0 Å². The molecule has 5 nitrogen and oxygen atoms in total. The summed E-state index contributed by atoms with van der Waals surface area (Å²) in [6.07, 6.45) is 7.54. The average Bonchev–Trinajstić information content (AvgIpc) is 2.85. The number of carboxylic acid groups (broad SMARTS) is 1. The lowest BCUT2D eigenvalue weighted by Crippen LogP contribution is -2.51. The quantitative estimate of drug-likeness (QED) is 0.709. The molecule has 122 valence electrons. The summed E-state index contributed by atoms with van der Waals surface area (Å²) in [7, 11) is 0. The fourth-order valence-electron chi connectivity index (χ4n) is 2.93. The lowest BCUT2D eigenvalue weighted by atomic mass is 10.0. The number of rotatable bonds is 7. The van der Waals surface area contributed by atoms with Crippen LogP contribution in [0.1, 0.15) is 65.7 Å². The smallest absolute Gasteiger partial charge is 0.317 e. The van der Waals surface area contributed by atoms with Crippen LogP contribution < -0.4 is 5.32 Å².